The van der Waals surface area contributed by atoms with Gasteiger partial charge in [-0.3, -0.25) is 19.5 Å². The van der Waals surface area contributed by atoms with Gasteiger partial charge in [-0.2, -0.15) is 0 Å². The van der Waals surface area contributed by atoms with Gasteiger partial charge < -0.3 is 4.74 Å². The Morgan fingerprint density at radius 1 is 0.806 bits per heavy atom. The highest BCUT2D eigenvalue weighted by Gasteiger charge is 2.36. The molecule has 0 saturated carbocycles. The molecule has 7 heteroatoms. The van der Waals surface area contributed by atoms with E-state index in [9.17, 15) is 14.4 Å². The number of esters is 1. The second-order valence-electron chi connectivity index (χ2n) is 6.98. The number of amides is 2. The van der Waals surface area contributed by atoms with Gasteiger partial charge in [0.15, 0.2) is 0 Å². The Morgan fingerprint density at radius 2 is 1.42 bits per heavy atom. The summed E-state index contributed by atoms with van der Waals surface area (Å²) in [6.07, 6.45) is 1.69. The number of fused-ring (bicyclic) bond motifs is 2. The molecule has 2 heterocycles. The van der Waals surface area contributed by atoms with Crippen LogP contribution in [0.5, 0.6) is 5.75 Å². The molecule has 0 unspecified atom stereocenters. The zero-order chi connectivity index (χ0) is 21.4. The summed E-state index contributed by atoms with van der Waals surface area (Å²) in [5.74, 6) is -1.39. The molecular weight excluding hydrogens is 394 g/mol. The van der Waals surface area contributed by atoms with Crippen LogP contribution in [0.25, 0.3) is 22.3 Å². The van der Waals surface area contributed by atoms with Crippen molar-refractivity contribution in [2.24, 2.45) is 0 Å². The molecule has 0 radical (unpaired) electrons. The topological polar surface area (TPSA) is 89.5 Å². The first-order valence-electron chi connectivity index (χ1n) is 9.58. The molecule has 31 heavy (non-hydrogen) atoms. The maximum absolute atomic E-state index is 12.4. The van der Waals surface area contributed by atoms with Gasteiger partial charge in [-0.1, -0.05) is 24.3 Å². The van der Waals surface area contributed by atoms with Crippen LogP contribution in [-0.2, 0) is 4.79 Å². The Labute approximate surface area is 176 Å². The minimum Gasteiger partial charge on any atom is -0.425 e. The van der Waals surface area contributed by atoms with Crippen LogP contribution in [0.1, 0.15) is 20.7 Å². The zero-order valence-corrected chi connectivity index (χ0v) is 16.2. The van der Waals surface area contributed by atoms with E-state index in [4.69, 9.17) is 4.74 Å². The molecule has 0 aliphatic carbocycles. The molecule has 150 valence electrons. The summed E-state index contributed by atoms with van der Waals surface area (Å²) in [4.78, 5) is 47.0. The first-order valence-corrected chi connectivity index (χ1v) is 9.58. The maximum atomic E-state index is 12.4. The van der Waals surface area contributed by atoms with E-state index in [2.05, 4.69) is 9.97 Å². The van der Waals surface area contributed by atoms with Gasteiger partial charge in [-0.15, -0.1) is 0 Å². The summed E-state index contributed by atoms with van der Waals surface area (Å²) >= 11 is 0. The van der Waals surface area contributed by atoms with Gasteiger partial charge >= 0.3 is 5.97 Å². The first-order chi connectivity index (χ1) is 15.1. The predicted octanol–water partition coefficient (Wildman–Crippen LogP) is 3.50. The van der Waals surface area contributed by atoms with E-state index in [1.54, 1.807) is 54.7 Å². The van der Waals surface area contributed by atoms with Crippen molar-refractivity contribution in [3.8, 4) is 17.0 Å². The van der Waals surface area contributed by atoms with Gasteiger partial charge in [-0.05, 0) is 48.5 Å². The van der Waals surface area contributed by atoms with Crippen molar-refractivity contribution >= 4 is 28.8 Å². The Hall–Kier alpha value is -4.39. The van der Waals surface area contributed by atoms with Crippen molar-refractivity contribution in [3.63, 3.8) is 0 Å². The summed E-state index contributed by atoms with van der Waals surface area (Å²) in [7, 11) is 0. The molecule has 0 saturated heterocycles. The Kier molecular flexibility index (Phi) is 4.48. The largest absolute Gasteiger partial charge is 0.425 e. The van der Waals surface area contributed by atoms with Crippen LogP contribution >= 0.6 is 0 Å². The molecule has 0 N–H and O–H groups in total. The lowest BCUT2D eigenvalue weighted by Crippen LogP contribution is -2.36. The third kappa shape index (κ3) is 3.42. The molecule has 5 rings (SSSR count). The number of rotatable bonds is 4. The predicted molar refractivity (Wildman–Crippen MR) is 112 cm³/mol. The highest BCUT2D eigenvalue weighted by molar-refractivity contribution is 6.22. The fraction of sp³-hybridized carbons (Fsp3) is 0.0417. The standard InChI is InChI=1S/C24H15N3O4/c28-22(14-27-23(29)17-5-1-2-6-18(17)24(27)30)31-16-11-9-15(10-12-16)21-13-25-19-7-3-4-8-20(19)26-21/h1-13H,14H2. The third-order valence-electron chi connectivity index (χ3n) is 5.00. The van der Waals surface area contributed by atoms with Crippen LogP contribution in [0, 0.1) is 0 Å². The smallest absolute Gasteiger partial charge is 0.331 e. The number of hydrogen-bond acceptors (Lipinski definition) is 6. The monoisotopic (exact) mass is 409 g/mol. The Balaban J connectivity index is 1.28. The second kappa shape index (κ2) is 7.46. The SMILES string of the molecule is O=C(CN1C(=O)c2ccccc2C1=O)Oc1ccc(-c2cnc3ccccc3n2)cc1. The number of carbonyl (C=O) groups excluding carboxylic acids is 3. The van der Waals surface area contributed by atoms with Gasteiger partial charge in [-0.25, -0.2) is 9.78 Å². The molecular formula is C24H15N3O4. The van der Waals surface area contributed by atoms with Crippen molar-refractivity contribution in [1.29, 1.82) is 0 Å². The molecule has 7 nitrogen and oxygen atoms in total. The highest BCUT2D eigenvalue weighted by atomic mass is 16.5. The minimum absolute atomic E-state index is 0.293. The van der Waals surface area contributed by atoms with Crippen LogP contribution in [0.15, 0.2) is 79.0 Å². The van der Waals surface area contributed by atoms with E-state index in [1.807, 2.05) is 24.3 Å². The molecule has 1 aliphatic rings. The number of hydrogen-bond donors (Lipinski definition) is 0. The summed E-state index contributed by atoms with van der Waals surface area (Å²) in [6, 6.07) is 20.9. The number of ether oxygens (including phenoxy) is 1. The average molecular weight is 409 g/mol. The third-order valence-corrected chi connectivity index (χ3v) is 5.00. The summed E-state index contributed by atoms with van der Waals surface area (Å²) in [5, 5.41) is 0. The number of aromatic nitrogens is 2. The van der Waals surface area contributed by atoms with Crippen LogP contribution in [0.3, 0.4) is 0 Å². The van der Waals surface area contributed by atoms with Gasteiger partial charge in [0.05, 0.1) is 34.1 Å². The maximum Gasteiger partial charge on any atom is 0.331 e. The summed E-state index contributed by atoms with van der Waals surface area (Å²) < 4.78 is 5.31. The van der Waals surface area contributed by atoms with Crippen molar-refractivity contribution in [2.45, 2.75) is 0 Å². The van der Waals surface area contributed by atoms with E-state index in [0.29, 0.717) is 22.6 Å². The quantitative estimate of drug-likeness (QED) is 0.291. The normalized spacial score (nSPS) is 12.8. The van der Waals surface area contributed by atoms with Gasteiger partial charge in [0.2, 0.25) is 0 Å². The fourth-order valence-corrected chi connectivity index (χ4v) is 3.47. The molecule has 2 amide bonds. The van der Waals surface area contributed by atoms with E-state index < -0.39 is 24.3 Å². The van der Waals surface area contributed by atoms with Crippen molar-refractivity contribution < 1.29 is 19.1 Å². The van der Waals surface area contributed by atoms with Crippen LogP contribution < -0.4 is 4.74 Å². The lowest BCUT2D eigenvalue weighted by molar-refractivity contribution is -0.134. The second-order valence-corrected chi connectivity index (χ2v) is 6.98. The molecule has 0 atom stereocenters. The number of imide groups is 1. The Bertz CT molecular complexity index is 1310. The molecule has 0 bridgehead atoms. The molecule has 4 aromatic rings. The lowest BCUT2D eigenvalue weighted by atomic mass is 10.1. The van der Waals surface area contributed by atoms with E-state index in [0.717, 1.165) is 21.5 Å². The van der Waals surface area contributed by atoms with Gasteiger partial charge in [0.1, 0.15) is 12.3 Å². The highest BCUT2D eigenvalue weighted by Crippen LogP contribution is 2.24. The van der Waals surface area contributed by atoms with E-state index >= 15 is 0 Å². The van der Waals surface area contributed by atoms with E-state index in [1.165, 1.54) is 0 Å². The average Bonchev–Trinajstić information content (AvgIpc) is 3.04. The minimum atomic E-state index is -0.701. The fourth-order valence-electron chi connectivity index (χ4n) is 3.47. The van der Waals surface area contributed by atoms with Crippen LogP contribution in [0.2, 0.25) is 0 Å². The number of carbonyl (C=O) groups is 3. The number of para-hydroxylation sites is 2. The van der Waals surface area contributed by atoms with E-state index in [-0.39, 0.29) is 0 Å². The number of benzene rings is 3. The molecule has 1 aliphatic heterocycles. The van der Waals surface area contributed by atoms with Crippen molar-refractivity contribution in [2.75, 3.05) is 6.54 Å². The summed E-state index contributed by atoms with van der Waals surface area (Å²) in [5.41, 5.74) is 3.70. The van der Waals surface area contributed by atoms with Crippen LogP contribution in [0.4, 0.5) is 0 Å². The lowest BCUT2D eigenvalue weighted by Gasteiger charge is -2.13. The summed E-state index contributed by atoms with van der Waals surface area (Å²) in [6.45, 7) is -0.454. The Morgan fingerprint density at radius 3 is 2.10 bits per heavy atom. The molecule has 1 aromatic heterocycles. The van der Waals surface area contributed by atoms with Gasteiger partial charge in [0, 0.05) is 5.56 Å². The van der Waals surface area contributed by atoms with Crippen molar-refractivity contribution in [3.05, 3.63) is 90.1 Å². The first kappa shape index (κ1) is 18.6. The molecule has 3 aromatic carbocycles. The van der Waals surface area contributed by atoms with Gasteiger partial charge in [0.25, 0.3) is 11.8 Å². The molecule has 0 spiro atoms. The molecule has 0 fully saturated rings. The van der Waals surface area contributed by atoms with Crippen LogP contribution in [-0.4, -0.2) is 39.2 Å². The zero-order valence-electron chi connectivity index (χ0n) is 16.2. The van der Waals surface area contributed by atoms with Crippen molar-refractivity contribution in [1.82, 2.24) is 14.9 Å². The number of nitrogens with zero attached hydrogens (tertiary/aromatic N) is 3.